The van der Waals surface area contributed by atoms with Gasteiger partial charge in [0, 0.05) is 19.8 Å². The quantitative estimate of drug-likeness (QED) is 0.353. The molecule has 0 N–H and O–H groups in total. The molecule has 8 nitrogen and oxygen atoms in total. The Labute approximate surface area is 165 Å². The predicted molar refractivity (Wildman–Crippen MR) is 98.0 cm³/mol. The van der Waals surface area contributed by atoms with Gasteiger partial charge >= 0.3 is 17.1 Å². The van der Waals surface area contributed by atoms with E-state index in [2.05, 4.69) is 43.4 Å². The second-order valence-corrected chi connectivity index (χ2v) is 11.2. The molecule has 148 valence electrons. The minimum absolute atomic E-state index is 0.0179. The fraction of sp³-hybridized carbons (Fsp3) is 0.500. The summed E-state index contributed by atoms with van der Waals surface area (Å²) in [6, 6.07) is 0. The number of carbonyl (C=O) groups is 4. The summed E-state index contributed by atoms with van der Waals surface area (Å²) in [6.45, 7) is 6.39. The van der Waals surface area contributed by atoms with Crippen molar-refractivity contribution in [3.8, 4) is 0 Å². The van der Waals surface area contributed by atoms with E-state index < -0.39 is 22.7 Å². The number of halogens is 3. The van der Waals surface area contributed by atoms with Crippen LogP contribution in [0.2, 0.25) is 0 Å². The van der Waals surface area contributed by atoms with E-state index >= 15 is 0 Å². The van der Waals surface area contributed by atoms with E-state index in [1.54, 1.807) is 13.8 Å². The first kappa shape index (κ1) is 27.0. The van der Waals surface area contributed by atoms with Crippen LogP contribution >= 0.6 is 38.9 Å². The van der Waals surface area contributed by atoms with Crippen molar-refractivity contribution in [1.29, 1.82) is 0 Å². The normalized spacial score (nSPS) is 9.81. The number of oxazole rings is 1. The summed E-state index contributed by atoms with van der Waals surface area (Å²) in [5.74, 6) is -0.885. The van der Waals surface area contributed by atoms with Crippen LogP contribution in [0.3, 0.4) is 0 Å². The number of aromatic nitrogens is 1. The fourth-order valence-corrected chi connectivity index (χ4v) is 1.11. The highest BCUT2D eigenvalue weighted by molar-refractivity contribution is 8.24. The van der Waals surface area contributed by atoms with Gasteiger partial charge in [0.15, 0.2) is 11.6 Å². The lowest BCUT2D eigenvalue weighted by molar-refractivity contribution is -0.135. The Bertz CT molecular complexity index is 661. The molecule has 0 unspecified atom stereocenters. The summed E-state index contributed by atoms with van der Waals surface area (Å²) in [4.78, 5) is 45.7. The van der Waals surface area contributed by atoms with Gasteiger partial charge in [-0.05, 0) is 54.5 Å². The van der Waals surface area contributed by atoms with Crippen LogP contribution in [-0.2, 0) is 23.7 Å². The van der Waals surface area contributed by atoms with Crippen molar-refractivity contribution in [2.45, 2.75) is 40.5 Å². The van der Waals surface area contributed by atoms with Crippen LogP contribution in [0.1, 0.15) is 50.1 Å². The molecule has 0 aliphatic heterocycles. The summed E-state index contributed by atoms with van der Waals surface area (Å²) in [5.41, 5.74) is 0. The summed E-state index contributed by atoms with van der Waals surface area (Å²) in [6.07, 6.45) is 1.72. The number of Topliss-reactive ketones (excluding diaryl/α,β-unsaturated/α-hetero) is 3. The van der Waals surface area contributed by atoms with Crippen LogP contribution in [0.5, 0.6) is 0 Å². The number of rotatable bonds is 6. The molecule has 0 atom stereocenters. The van der Waals surface area contributed by atoms with Crippen LogP contribution in [0.15, 0.2) is 10.6 Å². The van der Waals surface area contributed by atoms with Gasteiger partial charge < -0.3 is 13.9 Å². The first-order chi connectivity index (χ1) is 11.8. The standard InChI is InChI=1S/C7H9NO3.C7H10O3.Cl3OP/c1-3-10-7(9)6-8-4-5(2)11-6;1-5(8)3-4-7(10)6(2)9;1-5(2,3)4/h4H,3H2,1-2H3;3-4H2,1-2H3;. The topological polar surface area (TPSA) is 121 Å². The third-order valence-corrected chi connectivity index (χ3v) is 2.17. The summed E-state index contributed by atoms with van der Waals surface area (Å²) >= 11 is 13.8. The maximum absolute atomic E-state index is 10.9. The molecule has 0 saturated heterocycles. The van der Waals surface area contributed by atoms with Gasteiger partial charge in [-0.3, -0.25) is 14.2 Å². The third kappa shape index (κ3) is 19.1. The molecule has 0 amide bonds. The number of hydrogen-bond acceptors (Lipinski definition) is 8. The largest absolute Gasteiger partial charge is 0.459 e. The number of carbonyl (C=O) groups excluding carboxylic acids is 4. The number of ether oxygens (including phenoxy) is 1. The van der Waals surface area contributed by atoms with E-state index in [0.717, 1.165) is 0 Å². The van der Waals surface area contributed by atoms with Crippen molar-refractivity contribution in [2.24, 2.45) is 0 Å². The Morgan fingerprint density at radius 2 is 1.65 bits per heavy atom. The highest BCUT2D eigenvalue weighted by Crippen LogP contribution is 2.61. The molecule has 1 aromatic rings. The van der Waals surface area contributed by atoms with Crippen molar-refractivity contribution in [2.75, 3.05) is 6.61 Å². The Balaban J connectivity index is 0. The molecular weight excluding hydrogens is 431 g/mol. The monoisotopic (exact) mass is 449 g/mol. The SMILES string of the molecule is CC(=O)CCC(=O)C(C)=O.CCOC(=O)c1ncc(C)o1.O=P(Cl)(Cl)Cl. The molecule has 0 aliphatic rings. The molecule has 12 heteroatoms. The zero-order valence-electron chi connectivity index (χ0n) is 14.6. The lowest BCUT2D eigenvalue weighted by Gasteiger charge is -1.94. The molecule has 0 bridgehead atoms. The van der Waals surface area contributed by atoms with Crippen LogP contribution in [0, 0.1) is 6.92 Å². The van der Waals surface area contributed by atoms with Crippen LogP contribution in [-0.4, -0.2) is 34.9 Å². The molecule has 1 rings (SSSR count). The summed E-state index contributed by atoms with van der Waals surface area (Å²) in [5, 5.41) is -3.22. The van der Waals surface area contributed by atoms with E-state index in [1.165, 1.54) is 20.0 Å². The lowest BCUT2D eigenvalue weighted by atomic mass is 10.1. The maximum atomic E-state index is 10.9. The third-order valence-electron chi connectivity index (χ3n) is 2.17. The molecule has 0 aromatic carbocycles. The van der Waals surface area contributed by atoms with Crippen molar-refractivity contribution in [1.82, 2.24) is 4.98 Å². The molecule has 1 heterocycles. The average Bonchev–Trinajstić information content (AvgIpc) is 2.90. The molecule has 0 fully saturated rings. The number of ketones is 3. The Kier molecular flexibility index (Phi) is 14.5. The van der Waals surface area contributed by atoms with Gasteiger partial charge in [0.1, 0.15) is 11.5 Å². The van der Waals surface area contributed by atoms with E-state index in [-0.39, 0.29) is 24.5 Å². The Morgan fingerprint density at radius 1 is 1.15 bits per heavy atom. The molecular formula is C14H19Cl3NO7P. The van der Waals surface area contributed by atoms with Gasteiger partial charge in [-0.25, -0.2) is 9.78 Å². The molecule has 0 spiro atoms. The number of hydrogen-bond donors (Lipinski definition) is 0. The minimum Gasteiger partial charge on any atom is -0.459 e. The van der Waals surface area contributed by atoms with Gasteiger partial charge in [0.25, 0.3) is 0 Å². The highest BCUT2D eigenvalue weighted by Gasteiger charge is 2.11. The molecule has 0 saturated carbocycles. The van der Waals surface area contributed by atoms with Crippen LogP contribution in [0.4, 0.5) is 0 Å². The second-order valence-electron chi connectivity index (χ2n) is 4.58. The predicted octanol–water partition coefficient (Wildman–Crippen LogP) is 4.48. The van der Waals surface area contributed by atoms with Crippen LogP contribution in [0.25, 0.3) is 0 Å². The fourth-order valence-electron chi connectivity index (χ4n) is 1.11. The van der Waals surface area contributed by atoms with Gasteiger partial charge in [-0.2, -0.15) is 0 Å². The first-order valence-corrected chi connectivity index (χ1v) is 11.5. The zero-order chi connectivity index (χ0) is 20.9. The minimum atomic E-state index is -3.22. The van der Waals surface area contributed by atoms with Gasteiger partial charge in [-0.15, -0.1) is 0 Å². The first-order valence-electron chi connectivity index (χ1n) is 7.09. The van der Waals surface area contributed by atoms with Crippen molar-refractivity contribution >= 4 is 62.2 Å². The van der Waals surface area contributed by atoms with Crippen molar-refractivity contribution < 1.29 is 32.9 Å². The highest BCUT2D eigenvalue weighted by atomic mass is 36.0. The van der Waals surface area contributed by atoms with E-state index in [1.807, 2.05) is 0 Å². The number of esters is 1. The van der Waals surface area contributed by atoms with Gasteiger partial charge in [0.05, 0.1) is 12.8 Å². The molecule has 0 radical (unpaired) electrons. The van der Waals surface area contributed by atoms with Crippen LogP contribution < -0.4 is 0 Å². The summed E-state index contributed by atoms with van der Waals surface area (Å²) < 4.78 is 19.1. The van der Waals surface area contributed by atoms with Gasteiger partial charge in [-0.1, -0.05) is 0 Å². The summed E-state index contributed by atoms with van der Waals surface area (Å²) in [7, 11) is 0. The smallest absolute Gasteiger partial charge is 0.394 e. The van der Waals surface area contributed by atoms with E-state index in [0.29, 0.717) is 12.4 Å². The maximum Gasteiger partial charge on any atom is 0.394 e. The lowest BCUT2D eigenvalue weighted by Crippen LogP contribution is -2.10. The average molecular weight is 451 g/mol. The van der Waals surface area contributed by atoms with E-state index in [9.17, 15) is 23.7 Å². The Hall–Kier alpha value is -1.21. The molecule has 1 aromatic heterocycles. The zero-order valence-corrected chi connectivity index (χ0v) is 17.7. The van der Waals surface area contributed by atoms with Crippen molar-refractivity contribution in [3.05, 3.63) is 17.8 Å². The second kappa shape index (κ2) is 13.9. The van der Waals surface area contributed by atoms with Crippen molar-refractivity contribution in [3.63, 3.8) is 0 Å². The Morgan fingerprint density at radius 3 is 1.96 bits per heavy atom. The van der Waals surface area contributed by atoms with E-state index in [4.69, 9.17) is 4.42 Å². The number of nitrogens with zero attached hydrogens (tertiary/aromatic N) is 1. The van der Waals surface area contributed by atoms with Gasteiger partial charge in [0.2, 0.25) is 0 Å². The molecule has 26 heavy (non-hydrogen) atoms. The molecule has 0 aliphatic carbocycles. The number of aryl methyl sites for hydroxylation is 1.